The van der Waals surface area contributed by atoms with Gasteiger partial charge in [0.15, 0.2) is 6.61 Å². The molecule has 0 unspecified atom stereocenters. The number of nitriles is 1. The Balaban J connectivity index is 1.92. The highest BCUT2D eigenvalue weighted by Crippen LogP contribution is 2.23. The maximum absolute atomic E-state index is 11.8. The van der Waals surface area contributed by atoms with Crippen LogP contribution in [0.2, 0.25) is 10.0 Å². The van der Waals surface area contributed by atoms with Gasteiger partial charge in [-0.1, -0.05) is 23.2 Å². The second-order valence-electron chi connectivity index (χ2n) is 4.03. The second kappa shape index (κ2) is 7.27. The first-order valence-corrected chi connectivity index (χ1v) is 7.54. The van der Waals surface area contributed by atoms with Crippen LogP contribution in [-0.2, 0) is 9.53 Å². The highest BCUT2D eigenvalue weighted by atomic mass is 35.5. The van der Waals surface area contributed by atoms with Gasteiger partial charge in [-0.2, -0.15) is 5.26 Å². The molecule has 8 heteroatoms. The number of carbonyl (C=O) groups excluding carboxylic acids is 2. The van der Waals surface area contributed by atoms with Crippen molar-refractivity contribution in [1.82, 2.24) is 0 Å². The lowest BCUT2D eigenvalue weighted by Gasteiger charge is -2.06. The number of benzene rings is 1. The van der Waals surface area contributed by atoms with Gasteiger partial charge in [0.25, 0.3) is 5.91 Å². The van der Waals surface area contributed by atoms with E-state index in [2.05, 4.69) is 5.32 Å². The van der Waals surface area contributed by atoms with Gasteiger partial charge in [-0.05, 0) is 29.6 Å². The molecule has 1 N–H and O–H groups in total. The highest BCUT2D eigenvalue weighted by Gasteiger charge is 2.13. The van der Waals surface area contributed by atoms with Crippen LogP contribution in [0, 0.1) is 11.3 Å². The van der Waals surface area contributed by atoms with Crippen LogP contribution in [0.5, 0.6) is 0 Å². The fraction of sp³-hybridized carbons (Fsp3) is 0.0714. The predicted octanol–water partition coefficient (Wildman–Crippen LogP) is 3.72. The smallest absolute Gasteiger partial charge is 0.338 e. The van der Waals surface area contributed by atoms with Gasteiger partial charge in [-0.3, -0.25) is 4.79 Å². The van der Waals surface area contributed by atoms with E-state index in [0.29, 0.717) is 15.6 Å². The number of nitrogens with one attached hydrogen (secondary N) is 1. The topological polar surface area (TPSA) is 79.2 Å². The summed E-state index contributed by atoms with van der Waals surface area (Å²) in [6.45, 7) is -0.470. The summed E-state index contributed by atoms with van der Waals surface area (Å²) in [6, 6.07) is 7.80. The van der Waals surface area contributed by atoms with Crippen LogP contribution >= 0.6 is 34.5 Å². The molecule has 0 aliphatic rings. The van der Waals surface area contributed by atoms with E-state index >= 15 is 0 Å². The number of amides is 1. The van der Waals surface area contributed by atoms with Gasteiger partial charge >= 0.3 is 5.97 Å². The number of esters is 1. The number of ether oxygens (including phenoxy) is 1. The largest absolute Gasteiger partial charge is 0.452 e. The van der Waals surface area contributed by atoms with Crippen molar-refractivity contribution in [3.05, 3.63) is 50.8 Å². The Bertz CT molecular complexity index is 768. The van der Waals surface area contributed by atoms with Crippen molar-refractivity contribution in [2.45, 2.75) is 0 Å². The first-order chi connectivity index (χ1) is 10.5. The normalized spacial score (nSPS) is 9.86. The van der Waals surface area contributed by atoms with Crippen LogP contribution in [0.3, 0.4) is 0 Å². The van der Waals surface area contributed by atoms with Gasteiger partial charge in [0, 0.05) is 0 Å². The van der Waals surface area contributed by atoms with Crippen LogP contribution in [0.4, 0.5) is 5.00 Å². The van der Waals surface area contributed by atoms with Crippen LogP contribution in [0.25, 0.3) is 0 Å². The average molecular weight is 355 g/mol. The Hall–Kier alpha value is -2.07. The Morgan fingerprint density at radius 1 is 1.27 bits per heavy atom. The van der Waals surface area contributed by atoms with E-state index in [1.54, 1.807) is 11.4 Å². The van der Waals surface area contributed by atoms with Crippen molar-refractivity contribution in [3.8, 4) is 6.07 Å². The van der Waals surface area contributed by atoms with Gasteiger partial charge in [0.1, 0.15) is 11.1 Å². The number of thiophene rings is 1. The zero-order valence-electron chi connectivity index (χ0n) is 10.9. The summed E-state index contributed by atoms with van der Waals surface area (Å²) in [7, 11) is 0. The van der Waals surface area contributed by atoms with E-state index in [9.17, 15) is 9.59 Å². The molecule has 0 bridgehead atoms. The fourth-order valence-electron chi connectivity index (χ4n) is 1.49. The van der Waals surface area contributed by atoms with Crippen molar-refractivity contribution in [3.63, 3.8) is 0 Å². The zero-order chi connectivity index (χ0) is 16.1. The van der Waals surface area contributed by atoms with E-state index < -0.39 is 18.5 Å². The standard InChI is InChI=1S/C14H8Cl2N2O3S/c15-10-2-1-8(5-11(10)16)14(20)21-7-12(19)18-13-9(6-17)3-4-22-13/h1-5H,7H2,(H,18,19). The van der Waals surface area contributed by atoms with E-state index in [0.717, 1.165) is 0 Å². The molecule has 0 aliphatic heterocycles. The summed E-state index contributed by atoms with van der Waals surface area (Å²) in [4.78, 5) is 23.5. The highest BCUT2D eigenvalue weighted by molar-refractivity contribution is 7.14. The number of hydrogen-bond acceptors (Lipinski definition) is 5. The minimum atomic E-state index is -0.694. The second-order valence-corrected chi connectivity index (χ2v) is 5.76. The molecule has 0 fully saturated rings. The van der Waals surface area contributed by atoms with Gasteiger partial charge in [-0.25, -0.2) is 4.79 Å². The van der Waals surface area contributed by atoms with Crippen molar-refractivity contribution >= 4 is 51.4 Å². The Labute approximate surface area is 140 Å². The van der Waals surface area contributed by atoms with Crippen LogP contribution in [0.15, 0.2) is 29.6 Å². The molecule has 2 aromatic rings. The lowest BCUT2D eigenvalue weighted by Crippen LogP contribution is -2.20. The minimum Gasteiger partial charge on any atom is -0.452 e. The van der Waals surface area contributed by atoms with E-state index in [4.69, 9.17) is 33.2 Å². The van der Waals surface area contributed by atoms with Crippen LogP contribution < -0.4 is 5.32 Å². The maximum atomic E-state index is 11.8. The predicted molar refractivity (Wildman–Crippen MR) is 84.4 cm³/mol. The van der Waals surface area contributed by atoms with Gasteiger partial charge in [0.2, 0.25) is 0 Å². The molecule has 0 atom stereocenters. The molecule has 2 rings (SSSR count). The number of halogens is 2. The third kappa shape index (κ3) is 3.98. The van der Waals surface area contributed by atoms with Crippen molar-refractivity contribution < 1.29 is 14.3 Å². The lowest BCUT2D eigenvalue weighted by atomic mass is 10.2. The Morgan fingerprint density at radius 2 is 2.05 bits per heavy atom. The molecule has 1 heterocycles. The lowest BCUT2D eigenvalue weighted by molar-refractivity contribution is -0.119. The Kier molecular flexibility index (Phi) is 5.39. The van der Waals surface area contributed by atoms with Gasteiger partial charge < -0.3 is 10.1 Å². The molecule has 5 nitrogen and oxygen atoms in total. The summed E-state index contributed by atoms with van der Waals surface area (Å²) in [5.74, 6) is -1.23. The number of nitrogens with zero attached hydrogens (tertiary/aromatic N) is 1. The third-order valence-electron chi connectivity index (χ3n) is 2.53. The molecule has 112 valence electrons. The van der Waals surface area contributed by atoms with Crippen molar-refractivity contribution in [2.75, 3.05) is 11.9 Å². The first kappa shape index (κ1) is 16.3. The zero-order valence-corrected chi connectivity index (χ0v) is 13.3. The third-order valence-corrected chi connectivity index (χ3v) is 4.10. The van der Waals surface area contributed by atoms with Gasteiger partial charge in [-0.15, -0.1) is 11.3 Å². The number of anilines is 1. The van der Waals surface area contributed by atoms with Gasteiger partial charge in [0.05, 0.1) is 21.2 Å². The SMILES string of the molecule is N#Cc1ccsc1NC(=O)COC(=O)c1ccc(Cl)c(Cl)c1. The summed E-state index contributed by atoms with van der Waals surface area (Å²) >= 11 is 12.8. The number of carbonyl (C=O) groups is 2. The molecule has 1 amide bonds. The summed E-state index contributed by atoms with van der Waals surface area (Å²) in [5.41, 5.74) is 0.546. The molecule has 22 heavy (non-hydrogen) atoms. The van der Waals surface area contributed by atoms with E-state index in [1.807, 2.05) is 6.07 Å². The van der Waals surface area contributed by atoms with Crippen molar-refractivity contribution in [1.29, 1.82) is 5.26 Å². The molecular weight excluding hydrogens is 347 g/mol. The molecule has 0 aliphatic carbocycles. The molecule has 0 saturated heterocycles. The minimum absolute atomic E-state index is 0.191. The number of rotatable bonds is 4. The molecule has 1 aromatic carbocycles. The quantitative estimate of drug-likeness (QED) is 0.848. The van der Waals surface area contributed by atoms with Crippen molar-refractivity contribution in [2.24, 2.45) is 0 Å². The van der Waals surface area contributed by atoms with E-state index in [-0.39, 0.29) is 10.6 Å². The van der Waals surface area contributed by atoms with Crippen LogP contribution in [-0.4, -0.2) is 18.5 Å². The van der Waals surface area contributed by atoms with Crippen LogP contribution in [0.1, 0.15) is 15.9 Å². The maximum Gasteiger partial charge on any atom is 0.338 e. The summed E-state index contributed by atoms with van der Waals surface area (Å²) in [5, 5.41) is 14.0. The molecule has 0 radical (unpaired) electrons. The molecule has 0 spiro atoms. The Morgan fingerprint density at radius 3 is 2.73 bits per heavy atom. The first-order valence-electron chi connectivity index (χ1n) is 5.91. The molecule has 0 saturated carbocycles. The fourth-order valence-corrected chi connectivity index (χ4v) is 2.55. The monoisotopic (exact) mass is 354 g/mol. The summed E-state index contributed by atoms with van der Waals surface area (Å²) < 4.78 is 4.88. The van der Waals surface area contributed by atoms with E-state index in [1.165, 1.54) is 29.5 Å². The molecular formula is C14H8Cl2N2O3S. The summed E-state index contributed by atoms with van der Waals surface area (Å²) in [6.07, 6.45) is 0. The average Bonchev–Trinajstić information content (AvgIpc) is 2.94. The number of hydrogen-bond donors (Lipinski definition) is 1. The molecule has 1 aromatic heterocycles.